The van der Waals surface area contributed by atoms with Crippen molar-refractivity contribution in [2.45, 2.75) is 19.8 Å². The number of aryl methyl sites for hydroxylation is 1. The Bertz CT molecular complexity index is 510. The van der Waals surface area contributed by atoms with Gasteiger partial charge in [-0.3, -0.25) is 14.6 Å². The molecule has 1 aromatic rings. The molecule has 2 N–H and O–H groups in total. The number of nitrogens with zero attached hydrogens (tertiary/aromatic N) is 1. The maximum Gasteiger partial charge on any atom is 0.311 e. The molecular weight excluding hydrogens is 260 g/mol. The van der Waals surface area contributed by atoms with E-state index in [1.54, 1.807) is 25.3 Å². The van der Waals surface area contributed by atoms with Crippen LogP contribution >= 0.6 is 0 Å². The Kier molecular flexibility index (Phi) is 4.34. The summed E-state index contributed by atoms with van der Waals surface area (Å²) >= 11 is 0. The summed E-state index contributed by atoms with van der Waals surface area (Å²) in [4.78, 5) is 27.6. The fourth-order valence-electron chi connectivity index (χ4n) is 2.30. The van der Waals surface area contributed by atoms with Crippen LogP contribution in [0.25, 0.3) is 0 Å². The van der Waals surface area contributed by atoms with Gasteiger partial charge in [0.05, 0.1) is 11.0 Å². The minimum absolute atomic E-state index is 0.110. The molecule has 1 aromatic heterocycles. The number of ether oxygens (including phenoxy) is 1. The van der Waals surface area contributed by atoms with E-state index in [1.165, 1.54) is 0 Å². The molecule has 1 amide bonds. The second kappa shape index (κ2) is 6.00. The fourth-order valence-corrected chi connectivity index (χ4v) is 2.30. The first-order valence-corrected chi connectivity index (χ1v) is 6.56. The molecule has 0 bridgehead atoms. The summed E-state index contributed by atoms with van der Waals surface area (Å²) in [6, 6.07) is 3.36. The Labute approximate surface area is 117 Å². The third kappa shape index (κ3) is 2.96. The van der Waals surface area contributed by atoms with Gasteiger partial charge in [-0.05, 0) is 31.9 Å². The number of pyridine rings is 1. The van der Waals surface area contributed by atoms with E-state index in [0.29, 0.717) is 37.3 Å². The van der Waals surface area contributed by atoms with Gasteiger partial charge < -0.3 is 15.2 Å². The number of carbonyl (C=O) groups excluding carboxylic acids is 1. The molecule has 0 saturated carbocycles. The molecule has 1 aliphatic heterocycles. The van der Waals surface area contributed by atoms with Gasteiger partial charge >= 0.3 is 5.97 Å². The summed E-state index contributed by atoms with van der Waals surface area (Å²) in [7, 11) is 0. The van der Waals surface area contributed by atoms with E-state index >= 15 is 0 Å². The van der Waals surface area contributed by atoms with Crippen molar-refractivity contribution in [2.24, 2.45) is 5.41 Å². The summed E-state index contributed by atoms with van der Waals surface area (Å²) in [5.74, 6) is -1.17. The van der Waals surface area contributed by atoms with Gasteiger partial charge in [0.1, 0.15) is 0 Å². The average Bonchev–Trinajstić information content (AvgIpc) is 2.46. The topological polar surface area (TPSA) is 88.5 Å². The lowest BCUT2D eigenvalue weighted by Crippen LogP contribution is -2.46. The van der Waals surface area contributed by atoms with E-state index in [4.69, 9.17) is 4.74 Å². The van der Waals surface area contributed by atoms with Gasteiger partial charge in [0.2, 0.25) is 0 Å². The lowest BCUT2D eigenvalue weighted by atomic mass is 9.80. The lowest BCUT2D eigenvalue weighted by molar-refractivity contribution is -0.154. The van der Waals surface area contributed by atoms with Crippen LogP contribution in [-0.2, 0) is 9.53 Å². The SMILES string of the molecule is Cc1ncccc1C(=O)NCC1(C(=O)O)CCOCC1. The van der Waals surface area contributed by atoms with Crippen LogP contribution in [0.2, 0.25) is 0 Å². The van der Waals surface area contributed by atoms with Crippen molar-refractivity contribution in [2.75, 3.05) is 19.8 Å². The van der Waals surface area contributed by atoms with Crippen molar-refractivity contribution >= 4 is 11.9 Å². The molecule has 0 radical (unpaired) electrons. The van der Waals surface area contributed by atoms with Gasteiger partial charge in [-0.15, -0.1) is 0 Å². The van der Waals surface area contributed by atoms with Gasteiger partial charge in [0.25, 0.3) is 5.91 Å². The largest absolute Gasteiger partial charge is 0.481 e. The number of aliphatic carboxylic acids is 1. The molecule has 1 fully saturated rings. The number of hydrogen-bond acceptors (Lipinski definition) is 4. The number of carbonyl (C=O) groups is 2. The molecule has 0 spiro atoms. The number of nitrogens with one attached hydrogen (secondary N) is 1. The van der Waals surface area contributed by atoms with Crippen molar-refractivity contribution in [3.63, 3.8) is 0 Å². The van der Waals surface area contributed by atoms with Crippen molar-refractivity contribution < 1.29 is 19.4 Å². The summed E-state index contributed by atoms with van der Waals surface area (Å²) < 4.78 is 5.20. The minimum atomic E-state index is -0.927. The second-order valence-corrected chi connectivity index (χ2v) is 5.02. The molecule has 2 heterocycles. The van der Waals surface area contributed by atoms with Crippen molar-refractivity contribution in [3.05, 3.63) is 29.6 Å². The third-order valence-electron chi connectivity index (χ3n) is 3.74. The number of aromatic nitrogens is 1. The van der Waals surface area contributed by atoms with Crippen molar-refractivity contribution in [1.29, 1.82) is 0 Å². The van der Waals surface area contributed by atoms with Crippen molar-refractivity contribution in [1.82, 2.24) is 10.3 Å². The smallest absolute Gasteiger partial charge is 0.311 e. The summed E-state index contributed by atoms with van der Waals surface area (Å²) in [5.41, 5.74) is 0.172. The van der Waals surface area contributed by atoms with Crippen LogP contribution < -0.4 is 5.32 Å². The fraction of sp³-hybridized carbons (Fsp3) is 0.500. The Hall–Kier alpha value is -1.95. The summed E-state index contributed by atoms with van der Waals surface area (Å²) in [6.45, 7) is 2.68. The van der Waals surface area contributed by atoms with E-state index < -0.39 is 11.4 Å². The first kappa shape index (κ1) is 14.5. The van der Waals surface area contributed by atoms with Crippen LogP contribution in [0.3, 0.4) is 0 Å². The third-order valence-corrected chi connectivity index (χ3v) is 3.74. The predicted octanol–water partition coefficient (Wildman–Crippen LogP) is 1.00. The minimum Gasteiger partial charge on any atom is -0.481 e. The van der Waals surface area contributed by atoms with Crippen LogP contribution in [0, 0.1) is 12.3 Å². The highest BCUT2D eigenvalue weighted by Crippen LogP contribution is 2.30. The molecule has 0 aliphatic carbocycles. The normalized spacial score (nSPS) is 17.4. The molecule has 2 rings (SSSR count). The Balaban J connectivity index is 2.05. The molecule has 20 heavy (non-hydrogen) atoms. The number of amides is 1. The molecular formula is C14H18N2O4. The first-order valence-electron chi connectivity index (χ1n) is 6.56. The van der Waals surface area contributed by atoms with E-state index in [9.17, 15) is 14.7 Å². The van der Waals surface area contributed by atoms with Crippen molar-refractivity contribution in [3.8, 4) is 0 Å². The van der Waals surface area contributed by atoms with Gasteiger partial charge in [-0.2, -0.15) is 0 Å². The molecule has 6 heteroatoms. The second-order valence-electron chi connectivity index (χ2n) is 5.02. The molecule has 0 unspecified atom stereocenters. The number of carboxylic acids is 1. The van der Waals surface area contributed by atoms with Crippen LogP contribution in [0.4, 0.5) is 0 Å². The van der Waals surface area contributed by atoms with Gasteiger partial charge in [0, 0.05) is 31.6 Å². The molecule has 1 saturated heterocycles. The average molecular weight is 278 g/mol. The van der Waals surface area contributed by atoms with E-state index in [-0.39, 0.29) is 12.5 Å². The maximum atomic E-state index is 12.1. The summed E-state index contributed by atoms with van der Waals surface area (Å²) in [6.07, 6.45) is 2.44. The van der Waals surface area contributed by atoms with Crippen LogP contribution in [-0.4, -0.2) is 41.7 Å². The first-order chi connectivity index (χ1) is 9.55. The molecule has 1 aliphatic rings. The Morgan fingerprint density at radius 3 is 2.75 bits per heavy atom. The molecule has 0 aromatic carbocycles. The zero-order valence-electron chi connectivity index (χ0n) is 11.4. The zero-order valence-corrected chi connectivity index (χ0v) is 11.4. The van der Waals surface area contributed by atoms with E-state index in [2.05, 4.69) is 10.3 Å². The number of hydrogen-bond donors (Lipinski definition) is 2. The predicted molar refractivity (Wildman–Crippen MR) is 71.4 cm³/mol. The number of rotatable bonds is 4. The van der Waals surface area contributed by atoms with Gasteiger partial charge in [0.15, 0.2) is 0 Å². The lowest BCUT2D eigenvalue weighted by Gasteiger charge is -2.33. The highest BCUT2D eigenvalue weighted by atomic mass is 16.5. The van der Waals surface area contributed by atoms with Gasteiger partial charge in [-0.1, -0.05) is 0 Å². The van der Waals surface area contributed by atoms with Crippen LogP contribution in [0.15, 0.2) is 18.3 Å². The summed E-state index contributed by atoms with van der Waals surface area (Å²) in [5, 5.41) is 12.1. The maximum absolute atomic E-state index is 12.1. The Morgan fingerprint density at radius 2 is 2.15 bits per heavy atom. The van der Waals surface area contributed by atoms with Gasteiger partial charge in [-0.25, -0.2) is 0 Å². The van der Waals surface area contributed by atoms with E-state index in [1.807, 2.05) is 0 Å². The highest BCUT2D eigenvalue weighted by Gasteiger charge is 2.40. The van der Waals surface area contributed by atoms with Crippen LogP contribution in [0.1, 0.15) is 28.9 Å². The zero-order chi connectivity index (χ0) is 14.6. The standard InChI is InChI=1S/C14H18N2O4/c1-10-11(3-2-6-15-10)12(17)16-9-14(13(18)19)4-7-20-8-5-14/h2-3,6H,4-5,7-9H2,1H3,(H,16,17)(H,18,19). The van der Waals surface area contributed by atoms with Crippen LogP contribution in [0.5, 0.6) is 0 Å². The Morgan fingerprint density at radius 1 is 1.45 bits per heavy atom. The highest BCUT2D eigenvalue weighted by molar-refractivity contribution is 5.95. The van der Waals surface area contributed by atoms with E-state index in [0.717, 1.165) is 0 Å². The number of carboxylic acid groups (broad SMARTS) is 1. The monoisotopic (exact) mass is 278 g/mol. The molecule has 0 atom stereocenters. The molecule has 6 nitrogen and oxygen atoms in total. The molecule has 108 valence electrons. The quantitative estimate of drug-likeness (QED) is 0.857.